The van der Waals surface area contributed by atoms with Crippen LogP contribution < -0.4 is 5.32 Å². The van der Waals surface area contributed by atoms with Crippen LogP contribution in [0.25, 0.3) is 0 Å². The van der Waals surface area contributed by atoms with Crippen LogP contribution in [0.15, 0.2) is 18.2 Å². The third-order valence-electron chi connectivity index (χ3n) is 4.27. The Balaban J connectivity index is 1.60. The van der Waals surface area contributed by atoms with Crippen LogP contribution in [0.1, 0.15) is 24.2 Å². The summed E-state index contributed by atoms with van der Waals surface area (Å²) in [5, 5.41) is 3.34. The van der Waals surface area contributed by atoms with Crippen molar-refractivity contribution in [1.29, 1.82) is 0 Å². The van der Waals surface area contributed by atoms with Crippen LogP contribution in [0.3, 0.4) is 0 Å². The van der Waals surface area contributed by atoms with Gasteiger partial charge in [-0.15, -0.1) is 0 Å². The predicted molar refractivity (Wildman–Crippen MR) is 69.1 cm³/mol. The second kappa shape index (κ2) is 5.00. The van der Waals surface area contributed by atoms with Crippen LogP contribution in [-0.4, -0.2) is 36.1 Å². The fraction of sp³-hybridized carbons (Fsp3) is 0.643. The number of nitrogens with one attached hydrogen (secondary N) is 1. The molecule has 3 heterocycles. The lowest BCUT2D eigenvalue weighted by atomic mass is 9.72. The number of piperidine rings is 1. The molecule has 6 heteroatoms. The van der Waals surface area contributed by atoms with Crippen molar-refractivity contribution in [2.24, 2.45) is 5.41 Å². The summed E-state index contributed by atoms with van der Waals surface area (Å²) in [7, 11) is 0. The number of pyridine rings is 1. The quantitative estimate of drug-likeness (QED) is 0.903. The van der Waals surface area contributed by atoms with E-state index in [9.17, 15) is 13.2 Å². The number of likely N-dealkylation sites (tertiary alicyclic amines) is 1. The summed E-state index contributed by atoms with van der Waals surface area (Å²) in [6.45, 7) is 4.57. The molecule has 0 saturated carbocycles. The molecule has 2 fully saturated rings. The maximum absolute atomic E-state index is 12.6. The minimum Gasteiger partial charge on any atom is -0.317 e. The molecular formula is C14H18F3N3. The first-order valence-electron chi connectivity index (χ1n) is 6.93. The van der Waals surface area contributed by atoms with Gasteiger partial charge in [0.15, 0.2) is 0 Å². The van der Waals surface area contributed by atoms with E-state index in [1.807, 2.05) is 0 Å². The minimum atomic E-state index is -4.36. The van der Waals surface area contributed by atoms with Crippen LogP contribution in [0.2, 0.25) is 0 Å². The Kier molecular flexibility index (Phi) is 3.46. The maximum atomic E-state index is 12.6. The molecule has 1 N–H and O–H groups in total. The summed E-state index contributed by atoms with van der Waals surface area (Å²) in [5.41, 5.74) is 0.100. The van der Waals surface area contributed by atoms with Gasteiger partial charge in [-0.25, -0.2) is 4.98 Å². The first-order valence-corrected chi connectivity index (χ1v) is 6.93. The number of alkyl halides is 3. The topological polar surface area (TPSA) is 28.2 Å². The first-order chi connectivity index (χ1) is 9.47. The Bertz CT molecular complexity index is 473. The van der Waals surface area contributed by atoms with E-state index in [-0.39, 0.29) is 0 Å². The van der Waals surface area contributed by atoms with Crippen molar-refractivity contribution in [3.63, 3.8) is 0 Å². The molecule has 0 unspecified atom stereocenters. The van der Waals surface area contributed by atoms with Crippen LogP contribution in [-0.2, 0) is 12.7 Å². The third kappa shape index (κ3) is 2.81. The Morgan fingerprint density at radius 3 is 2.55 bits per heavy atom. The molecule has 0 amide bonds. The second-order valence-electron chi connectivity index (χ2n) is 5.91. The number of hydrogen-bond donors (Lipinski definition) is 1. The van der Waals surface area contributed by atoms with Gasteiger partial charge in [0.2, 0.25) is 0 Å². The minimum absolute atomic E-state index is 0.396. The zero-order chi connectivity index (χ0) is 14.2. The molecule has 2 aliphatic rings. The Hall–Kier alpha value is -1.14. The fourth-order valence-electron chi connectivity index (χ4n) is 3.24. The smallest absolute Gasteiger partial charge is 0.317 e. The maximum Gasteiger partial charge on any atom is 0.433 e. The van der Waals surface area contributed by atoms with Gasteiger partial charge in [0.25, 0.3) is 0 Å². The average Bonchev–Trinajstić information content (AvgIpc) is 2.37. The molecule has 20 heavy (non-hydrogen) atoms. The number of hydrogen-bond acceptors (Lipinski definition) is 3. The van der Waals surface area contributed by atoms with E-state index in [0.29, 0.717) is 17.7 Å². The van der Waals surface area contributed by atoms with Crippen molar-refractivity contribution in [1.82, 2.24) is 15.2 Å². The lowest BCUT2D eigenvalue weighted by Gasteiger charge is -2.52. The number of aromatic nitrogens is 1. The van der Waals surface area contributed by atoms with Crippen molar-refractivity contribution >= 4 is 0 Å². The molecule has 0 radical (unpaired) electrons. The molecule has 3 rings (SSSR count). The third-order valence-corrected chi connectivity index (χ3v) is 4.27. The lowest BCUT2D eigenvalue weighted by Crippen LogP contribution is -2.59. The van der Waals surface area contributed by atoms with Gasteiger partial charge < -0.3 is 5.32 Å². The summed E-state index contributed by atoms with van der Waals surface area (Å²) in [5.74, 6) is 0. The summed E-state index contributed by atoms with van der Waals surface area (Å²) < 4.78 is 37.8. The highest BCUT2D eigenvalue weighted by Crippen LogP contribution is 2.39. The van der Waals surface area contributed by atoms with Gasteiger partial charge in [-0.05, 0) is 43.5 Å². The fourth-order valence-corrected chi connectivity index (χ4v) is 3.24. The van der Waals surface area contributed by atoms with E-state index < -0.39 is 11.9 Å². The molecule has 0 aromatic carbocycles. The number of rotatable bonds is 2. The molecule has 1 aromatic rings. The Labute approximate surface area is 116 Å². The van der Waals surface area contributed by atoms with E-state index >= 15 is 0 Å². The van der Waals surface area contributed by atoms with Crippen molar-refractivity contribution < 1.29 is 13.2 Å². The summed E-state index contributed by atoms with van der Waals surface area (Å²) in [6, 6.07) is 4.13. The van der Waals surface area contributed by atoms with Crippen molar-refractivity contribution in [2.75, 3.05) is 26.2 Å². The van der Waals surface area contributed by atoms with Gasteiger partial charge in [0.05, 0.1) is 5.69 Å². The van der Waals surface area contributed by atoms with E-state index in [1.54, 1.807) is 6.07 Å². The molecule has 1 aromatic heterocycles. The van der Waals surface area contributed by atoms with Gasteiger partial charge in [-0.2, -0.15) is 13.2 Å². The van der Waals surface area contributed by atoms with Gasteiger partial charge in [-0.1, -0.05) is 6.07 Å². The normalized spacial score (nSPS) is 22.8. The highest BCUT2D eigenvalue weighted by molar-refractivity contribution is 5.14. The van der Waals surface area contributed by atoms with Crippen LogP contribution in [0.5, 0.6) is 0 Å². The summed E-state index contributed by atoms with van der Waals surface area (Å²) in [6.07, 6.45) is -2.03. The molecule has 0 bridgehead atoms. The lowest BCUT2D eigenvalue weighted by molar-refractivity contribution is -0.141. The standard InChI is InChI=1S/C14H18F3N3/c15-14(16,17)12-3-1-2-11(19-12)8-20-9-13(10-20)4-6-18-7-5-13/h1-3,18H,4-10H2. The predicted octanol–water partition coefficient (Wildman–Crippen LogP) is 2.29. The molecule has 110 valence electrons. The van der Waals surface area contributed by atoms with Gasteiger partial charge >= 0.3 is 6.18 Å². The Morgan fingerprint density at radius 2 is 1.90 bits per heavy atom. The molecule has 1 spiro atoms. The Morgan fingerprint density at radius 1 is 1.20 bits per heavy atom. The zero-order valence-corrected chi connectivity index (χ0v) is 11.2. The first kappa shape index (κ1) is 13.8. The van der Waals surface area contributed by atoms with E-state index in [1.165, 1.54) is 18.9 Å². The van der Waals surface area contributed by atoms with Crippen molar-refractivity contribution in [2.45, 2.75) is 25.6 Å². The highest BCUT2D eigenvalue weighted by Gasteiger charge is 2.43. The molecule has 0 aliphatic carbocycles. The monoisotopic (exact) mass is 285 g/mol. The number of halogens is 3. The van der Waals surface area contributed by atoms with Crippen LogP contribution in [0, 0.1) is 5.41 Å². The van der Waals surface area contributed by atoms with Crippen LogP contribution in [0.4, 0.5) is 13.2 Å². The largest absolute Gasteiger partial charge is 0.433 e. The second-order valence-corrected chi connectivity index (χ2v) is 5.91. The molecule has 2 aliphatic heterocycles. The summed E-state index contributed by atoms with van der Waals surface area (Å²) >= 11 is 0. The van der Waals surface area contributed by atoms with E-state index in [4.69, 9.17) is 0 Å². The SMILES string of the molecule is FC(F)(F)c1cccc(CN2CC3(CCNCC3)C2)n1. The average molecular weight is 285 g/mol. The van der Waals surface area contributed by atoms with Crippen molar-refractivity contribution in [3.05, 3.63) is 29.6 Å². The molecular weight excluding hydrogens is 267 g/mol. The molecule has 2 saturated heterocycles. The molecule has 0 atom stereocenters. The highest BCUT2D eigenvalue weighted by atomic mass is 19.4. The van der Waals surface area contributed by atoms with Gasteiger partial charge in [-0.3, -0.25) is 4.90 Å². The van der Waals surface area contributed by atoms with Crippen molar-refractivity contribution in [3.8, 4) is 0 Å². The van der Waals surface area contributed by atoms with Gasteiger partial charge in [0, 0.05) is 19.6 Å². The zero-order valence-electron chi connectivity index (χ0n) is 11.2. The van der Waals surface area contributed by atoms with Crippen LogP contribution >= 0.6 is 0 Å². The van der Waals surface area contributed by atoms with E-state index in [0.717, 1.165) is 32.2 Å². The molecule has 3 nitrogen and oxygen atoms in total. The van der Waals surface area contributed by atoms with Gasteiger partial charge in [0.1, 0.15) is 5.69 Å². The summed E-state index contributed by atoms with van der Waals surface area (Å²) in [4.78, 5) is 5.91. The van der Waals surface area contributed by atoms with E-state index in [2.05, 4.69) is 15.2 Å². The number of nitrogens with zero attached hydrogens (tertiary/aromatic N) is 2.